The van der Waals surface area contributed by atoms with Crippen LogP contribution < -0.4 is 4.90 Å². The number of hydrogen-bond donors (Lipinski definition) is 0. The summed E-state index contributed by atoms with van der Waals surface area (Å²) in [7, 11) is 0. The molecule has 5 nitrogen and oxygen atoms in total. The normalized spacial score (nSPS) is 11.9. The molecule has 9 aromatic rings. The minimum absolute atomic E-state index is 0.352. The van der Waals surface area contributed by atoms with Gasteiger partial charge in [-0.3, -0.25) is 4.99 Å². The standard InChI is InChI=1S/C52H38N4O/c1-53-51(41-20-10-4-11-21-41)55-52(42-22-12-5-13-23-42)54-36-43-24-14-25-46-47-26-15-27-48(50(47)57-49(43)46)56(44-32-28-39(29-33-44)37-16-6-2-7-17-37)45-34-30-40(31-35-45)38-18-8-3-9-19-38/h2-35H,1,36H2. The molecule has 0 unspecified atom stereocenters. The van der Waals surface area contributed by atoms with Crippen LogP contribution in [-0.4, -0.2) is 18.4 Å². The van der Waals surface area contributed by atoms with Crippen LogP contribution in [0.4, 0.5) is 17.1 Å². The summed E-state index contributed by atoms with van der Waals surface area (Å²) in [5.74, 6) is 1.08. The molecule has 0 fully saturated rings. The zero-order chi connectivity index (χ0) is 38.4. The molecule has 0 N–H and O–H groups in total. The minimum atomic E-state index is 0.352. The van der Waals surface area contributed by atoms with Crippen molar-refractivity contribution in [1.29, 1.82) is 0 Å². The van der Waals surface area contributed by atoms with Gasteiger partial charge in [0.05, 0.1) is 12.2 Å². The third-order valence-corrected chi connectivity index (χ3v) is 10.1. The molecule has 0 aliphatic heterocycles. The molecule has 0 saturated carbocycles. The molecule has 1 aromatic heterocycles. The van der Waals surface area contributed by atoms with E-state index in [1.807, 2.05) is 72.8 Å². The first-order chi connectivity index (χ1) is 28.2. The zero-order valence-electron chi connectivity index (χ0n) is 31.2. The van der Waals surface area contributed by atoms with Crippen LogP contribution in [0.15, 0.2) is 226 Å². The fourth-order valence-corrected chi connectivity index (χ4v) is 7.28. The van der Waals surface area contributed by atoms with Crippen molar-refractivity contribution >= 4 is 57.4 Å². The number of amidine groups is 2. The maximum absolute atomic E-state index is 6.96. The van der Waals surface area contributed by atoms with E-state index in [1.165, 1.54) is 11.1 Å². The Morgan fingerprint density at radius 2 is 0.895 bits per heavy atom. The largest absolute Gasteiger partial charge is 0.453 e. The minimum Gasteiger partial charge on any atom is -0.453 e. The number of aliphatic imine (C=N–C) groups is 3. The lowest BCUT2D eigenvalue weighted by Crippen LogP contribution is -2.10. The second-order valence-corrected chi connectivity index (χ2v) is 13.7. The Hall–Kier alpha value is -7.63. The van der Waals surface area contributed by atoms with Crippen molar-refractivity contribution in [3.05, 3.63) is 223 Å². The average molecular weight is 735 g/mol. The number of fused-ring (bicyclic) bond motifs is 3. The van der Waals surface area contributed by atoms with Crippen LogP contribution in [0, 0.1) is 0 Å². The van der Waals surface area contributed by atoms with E-state index in [2.05, 4.69) is 150 Å². The summed E-state index contributed by atoms with van der Waals surface area (Å²) in [5.41, 5.74) is 12.0. The Labute approximate surface area is 332 Å². The molecule has 57 heavy (non-hydrogen) atoms. The van der Waals surface area contributed by atoms with Crippen LogP contribution in [0.25, 0.3) is 44.2 Å². The molecule has 272 valence electrons. The summed E-state index contributed by atoms with van der Waals surface area (Å²) in [4.78, 5) is 16.6. The Morgan fingerprint density at radius 3 is 1.42 bits per heavy atom. The summed E-state index contributed by atoms with van der Waals surface area (Å²) in [6.07, 6.45) is 0. The van der Waals surface area contributed by atoms with Gasteiger partial charge < -0.3 is 9.32 Å². The highest BCUT2D eigenvalue weighted by atomic mass is 16.3. The van der Waals surface area contributed by atoms with Gasteiger partial charge in [0.2, 0.25) is 0 Å². The van der Waals surface area contributed by atoms with Crippen molar-refractivity contribution in [1.82, 2.24) is 0 Å². The lowest BCUT2D eigenvalue weighted by molar-refractivity contribution is 0.663. The van der Waals surface area contributed by atoms with E-state index < -0.39 is 0 Å². The van der Waals surface area contributed by atoms with Gasteiger partial charge in [0, 0.05) is 38.8 Å². The summed E-state index contributed by atoms with van der Waals surface area (Å²) >= 11 is 0. The van der Waals surface area contributed by atoms with Crippen LogP contribution in [0.1, 0.15) is 16.7 Å². The van der Waals surface area contributed by atoms with Gasteiger partial charge in [-0.2, -0.15) is 0 Å². The van der Waals surface area contributed by atoms with Crippen LogP contribution in [0.2, 0.25) is 0 Å². The number of benzene rings is 8. The Balaban J connectivity index is 1.15. The first-order valence-corrected chi connectivity index (χ1v) is 19.0. The predicted molar refractivity (Wildman–Crippen MR) is 238 cm³/mol. The maximum atomic E-state index is 6.96. The van der Waals surface area contributed by atoms with Gasteiger partial charge in [0.25, 0.3) is 0 Å². The van der Waals surface area contributed by atoms with Crippen molar-refractivity contribution in [3.63, 3.8) is 0 Å². The molecule has 0 spiro atoms. The molecule has 0 bridgehead atoms. The van der Waals surface area contributed by atoms with Crippen molar-refractivity contribution < 1.29 is 4.42 Å². The lowest BCUT2D eigenvalue weighted by Gasteiger charge is -2.26. The molecule has 0 amide bonds. The molecule has 5 heteroatoms. The number of nitrogens with zero attached hydrogens (tertiary/aromatic N) is 4. The Kier molecular flexibility index (Phi) is 9.85. The smallest absolute Gasteiger partial charge is 0.161 e. The van der Waals surface area contributed by atoms with Crippen molar-refractivity contribution in [2.75, 3.05) is 4.90 Å². The molecule has 0 radical (unpaired) electrons. The Morgan fingerprint density at radius 1 is 0.439 bits per heavy atom. The van der Waals surface area contributed by atoms with Gasteiger partial charge in [-0.15, -0.1) is 0 Å². The highest BCUT2D eigenvalue weighted by Gasteiger charge is 2.21. The second kappa shape index (κ2) is 16.0. The monoisotopic (exact) mass is 734 g/mol. The van der Waals surface area contributed by atoms with Gasteiger partial charge in [-0.05, 0) is 59.3 Å². The number of hydrogen-bond acceptors (Lipinski definition) is 3. The zero-order valence-corrected chi connectivity index (χ0v) is 31.2. The van der Waals surface area contributed by atoms with E-state index >= 15 is 0 Å². The van der Waals surface area contributed by atoms with E-state index in [4.69, 9.17) is 14.4 Å². The topological polar surface area (TPSA) is 53.5 Å². The predicted octanol–water partition coefficient (Wildman–Crippen LogP) is 13.5. The highest BCUT2D eigenvalue weighted by Crippen LogP contribution is 2.43. The van der Waals surface area contributed by atoms with Crippen LogP contribution in [0.3, 0.4) is 0 Å². The second-order valence-electron chi connectivity index (χ2n) is 13.7. The number of rotatable bonds is 9. The van der Waals surface area contributed by atoms with E-state index in [-0.39, 0.29) is 0 Å². The molecule has 9 rings (SSSR count). The van der Waals surface area contributed by atoms with Crippen LogP contribution >= 0.6 is 0 Å². The first kappa shape index (κ1) is 35.1. The summed E-state index contributed by atoms with van der Waals surface area (Å²) < 4.78 is 6.96. The van der Waals surface area contributed by atoms with Crippen molar-refractivity contribution in [2.45, 2.75) is 6.54 Å². The third kappa shape index (κ3) is 7.30. The SMILES string of the molecule is C=NC(=NC(=NCc1cccc2c1oc1c(N(c3ccc(-c4ccccc4)cc3)c3ccc(-c4ccccc4)cc3)cccc12)c1ccccc1)c1ccccc1. The van der Waals surface area contributed by atoms with Crippen LogP contribution in [-0.2, 0) is 6.54 Å². The van der Waals surface area contributed by atoms with E-state index in [0.717, 1.165) is 66.8 Å². The molecular weight excluding hydrogens is 697 g/mol. The molecule has 0 saturated heterocycles. The lowest BCUT2D eigenvalue weighted by atomic mass is 10.0. The fraction of sp³-hybridized carbons (Fsp3) is 0.0192. The molecule has 8 aromatic carbocycles. The van der Waals surface area contributed by atoms with E-state index in [1.54, 1.807) is 0 Å². The molecule has 1 heterocycles. The van der Waals surface area contributed by atoms with Gasteiger partial charge in [-0.25, -0.2) is 9.98 Å². The summed E-state index contributed by atoms with van der Waals surface area (Å²) in [6.45, 7) is 4.17. The third-order valence-electron chi connectivity index (χ3n) is 10.1. The van der Waals surface area contributed by atoms with Crippen LogP contribution in [0.5, 0.6) is 0 Å². The van der Waals surface area contributed by atoms with Gasteiger partial charge in [-0.1, -0.05) is 176 Å². The highest BCUT2D eigenvalue weighted by molar-refractivity contribution is 6.13. The molecular formula is C52H38N4O. The number of para-hydroxylation sites is 2. The van der Waals surface area contributed by atoms with Gasteiger partial charge in [0.15, 0.2) is 17.3 Å². The fourth-order valence-electron chi connectivity index (χ4n) is 7.28. The first-order valence-electron chi connectivity index (χ1n) is 19.0. The molecule has 0 atom stereocenters. The van der Waals surface area contributed by atoms with Gasteiger partial charge >= 0.3 is 0 Å². The maximum Gasteiger partial charge on any atom is 0.161 e. The summed E-state index contributed by atoms with van der Waals surface area (Å²) in [6, 6.07) is 70.9. The van der Waals surface area contributed by atoms with Crippen molar-refractivity contribution in [2.24, 2.45) is 15.0 Å². The number of furan rings is 1. The average Bonchev–Trinajstić information content (AvgIpc) is 3.68. The quantitative estimate of drug-likeness (QED) is 0.109. The number of anilines is 3. The van der Waals surface area contributed by atoms with Crippen molar-refractivity contribution in [3.8, 4) is 22.3 Å². The summed E-state index contributed by atoms with van der Waals surface area (Å²) in [5, 5.41) is 2.06. The van der Waals surface area contributed by atoms with Gasteiger partial charge in [0.1, 0.15) is 5.58 Å². The Bertz CT molecular complexity index is 2760. The van der Waals surface area contributed by atoms with E-state index in [0.29, 0.717) is 18.2 Å². The molecule has 0 aliphatic rings. The molecule has 0 aliphatic carbocycles. The van der Waals surface area contributed by atoms with E-state index in [9.17, 15) is 0 Å².